The van der Waals surface area contributed by atoms with Crippen molar-refractivity contribution in [3.05, 3.63) is 62.9 Å². The van der Waals surface area contributed by atoms with Crippen molar-refractivity contribution in [1.82, 2.24) is 14.3 Å². The van der Waals surface area contributed by atoms with Crippen LogP contribution in [-0.2, 0) is 21.5 Å². The number of hydrogen-bond donors (Lipinski definition) is 2. The highest BCUT2D eigenvalue weighted by Gasteiger charge is 2.44. The molecule has 0 unspecified atom stereocenters. The van der Waals surface area contributed by atoms with E-state index in [1.54, 1.807) is 0 Å². The van der Waals surface area contributed by atoms with Gasteiger partial charge in [-0.2, -0.15) is 17.6 Å². The molecule has 0 radical (unpaired) electrons. The minimum atomic E-state index is -4.68. The molecule has 32 heavy (non-hydrogen) atoms. The number of ether oxygens (including phenoxy) is 2. The molecular weight excluding hydrogens is 462 g/mol. The third kappa shape index (κ3) is 7.76. The van der Waals surface area contributed by atoms with Crippen LogP contribution in [-0.4, -0.2) is 42.9 Å². The zero-order chi connectivity index (χ0) is 23.9. The van der Waals surface area contributed by atoms with Crippen LogP contribution in [0.15, 0.2) is 46.1 Å². The van der Waals surface area contributed by atoms with E-state index in [4.69, 9.17) is 4.74 Å². The summed E-state index contributed by atoms with van der Waals surface area (Å²) in [6.07, 6.45) is -7.39. The molecule has 0 fully saturated rings. The van der Waals surface area contributed by atoms with Gasteiger partial charge in [0.25, 0.3) is 5.56 Å². The average molecular weight is 483 g/mol. The molecule has 1 heterocycles. The summed E-state index contributed by atoms with van der Waals surface area (Å²) in [5.74, 6) is -0.873. The van der Waals surface area contributed by atoms with Crippen molar-refractivity contribution in [2.24, 2.45) is 0 Å². The van der Waals surface area contributed by atoms with Crippen molar-refractivity contribution in [3.8, 4) is 5.75 Å². The number of hydrogen-bond acceptors (Lipinski definition) is 6. The molecule has 0 aliphatic carbocycles. The highest BCUT2D eigenvalue weighted by Crippen LogP contribution is 2.29. The van der Waals surface area contributed by atoms with Gasteiger partial charge in [0.15, 0.2) is 0 Å². The Morgan fingerprint density at radius 3 is 2.59 bits per heavy atom. The minimum absolute atomic E-state index is 0.00705. The Balaban J connectivity index is 1.85. The molecule has 0 aliphatic rings. The van der Waals surface area contributed by atoms with Gasteiger partial charge in [0.1, 0.15) is 12.5 Å². The molecule has 14 heteroatoms. The number of sulfonamides is 1. The Bertz CT molecular complexity index is 1120. The maximum absolute atomic E-state index is 13.1. The standard InChI is InChI=1S/C18H21F4N3O6S/c1-12(13-4-2-5-14(10-13)31-18(21,22)16(19)20)24-32(28,29)9-3-8-30-11-25-7-6-15(26)23-17(25)27/h2,4-7,10,12,16,24H,3,8-9,11H2,1H3,(H,23,26,27)/t12-/m1/s1. The highest BCUT2D eigenvalue weighted by molar-refractivity contribution is 7.89. The zero-order valence-corrected chi connectivity index (χ0v) is 17.6. The van der Waals surface area contributed by atoms with Gasteiger partial charge < -0.3 is 9.47 Å². The van der Waals surface area contributed by atoms with Gasteiger partial charge in [0.2, 0.25) is 10.0 Å². The van der Waals surface area contributed by atoms with E-state index >= 15 is 0 Å². The number of rotatable bonds is 12. The summed E-state index contributed by atoms with van der Waals surface area (Å²) in [5.41, 5.74) is -1.000. The lowest BCUT2D eigenvalue weighted by atomic mass is 10.1. The summed E-state index contributed by atoms with van der Waals surface area (Å²) in [6.45, 7) is 1.25. The molecule has 0 aliphatic heterocycles. The van der Waals surface area contributed by atoms with E-state index in [1.807, 2.05) is 4.98 Å². The maximum atomic E-state index is 13.1. The molecule has 178 valence electrons. The van der Waals surface area contributed by atoms with Crippen LogP contribution in [0.5, 0.6) is 5.75 Å². The summed E-state index contributed by atoms with van der Waals surface area (Å²) < 4.78 is 87.8. The lowest BCUT2D eigenvalue weighted by Crippen LogP contribution is -2.33. The predicted molar refractivity (Wildman–Crippen MR) is 105 cm³/mol. The third-order valence-corrected chi connectivity index (χ3v) is 5.59. The van der Waals surface area contributed by atoms with Crippen molar-refractivity contribution >= 4 is 10.0 Å². The van der Waals surface area contributed by atoms with Crippen molar-refractivity contribution in [2.45, 2.75) is 38.7 Å². The van der Waals surface area contributed by atoms with E-state index in [0.29, 0.717) is 0 Å². The van der Waals surface area contributed by atoms with E-state index in [2.05, 4.69) is 9.46 Å². The van der Waals surface area contributed by atoms with E-state index in [9.17, 15) is 35.6 Å². The van der Waals surface area contributed by atoms with Gasteiger partial charge in [-0.05, 0) is 31.0 Å². The molecule has 1 aromatic carbocycles. The second kappa shape index (κ2) is 10.7. The van der Waals surface area contributed by atoms with Gasteiger partial charge in [-0.25, -0.2) is 17.9 Å². The third-order valence-electron chi connectivity index (χ3n) is 4.05. The smallest absolute Gasteiger partial charge is 0.428 e. The molecule has 0 spiro atoms. The number of alkyl halides is 4. The van der Waals surface area contributed by atoms with Crippen molar-refractivity contribution in [1.29, 1.82) is 0 Å². The van der Waals surface area contributed by atoms with E-state index in [0.717, 1.165) is 22.8 Å². The van der Waals surface area contributed by atoms with Gasteiger partial charge in [-0.3, -0.25) is 14.3 Å². The lowest BCUT2D eigenvalue weighted by molar-refractivity contribution is -0.253. The summed E-state index contributed by atoms with van der Waals surface area (Å²) in [7, 11) is -3.80. The largest absolute Gasteiger partial charge is 0.461 e. The number of nitrogens with one attached hydrogen (secondary N) is 2. The number of nitrogens with zero attached hydrogens (tertiary/aromatic N) is 1. The first-order chi connectivity index (χ1) is 14.9. The van der Waals surface area contributed by atoms with Gasteiger partial charge in [0.05, 0.1) is 5.75 Å². The quantitative estimate of drug-likeness (QED) is 0.351. The van der Waals surface area contributed by atoms with Gasteiger partial charge in [-0.15, -0.1) is 0 Å². The first kappa shape index (κ1) is 25.5. The summed E-state index contributed by atoms with van der Waals surface area (Å²) in [6, 6.07) is 5.05. The Morgan fingerprint density at radius 1 is 1.22 bits per heavy atom. The van der Waals surface area contributed by atoms with Crippen molar-refractivity contribution in [3.63, 3.8) is 0 Å². The first-order valence-electron chi connectivity index (χ1n) is 9.22. The predicted octanol–water partition coefficient (Wildman–Crippen LogP) is 1.82. The van der Waals surface area contributed by atoms with E-state index in [-0.39, 0.29) is 31.1 Å². The lowest BCUT2D eigenvalue weighted by Gasteiger charge is -2.19. The topological polar surface area (TPSA) is 119 Å². The Kier molecular flexibility index (Phi) is 8.58. The normalized spacial score (nSPS) is 13.3. The van der Waals surface area contributed by atoms with Crippen molar-refractivity contribution < 1.29 is 35.5 Å². The fourth-order valence-corrected chi connectivity index (χ4v) is 3.80. The van der Waals surface area contributed by atoms with Crippen LogP contribution < -0.4 is 20.7 Å². The molecule has 1 atom stereocenters. The minimum Gasteiger partial charge on any atom is -0.428 e. The maximum Gasteiger partial charge on any atom is 0.461 e. The fraction of sp³-hybridized carbons (Fsp3) is 0.444. The molecule has 2 rings (SSSR count). The number of halogens is 4. The van der Waals surface area contributed by atoms with Crippen molar-refractivity contribution in [2.75, 3.05) is 12.4 Å². The number of aromatic amines is 1. The first-order valence-corrected chi connectivity index (χ1v) is 10.9. The summed E-state index contributed by atoms with van der Waals surface area (Å²) in [5, 5.41) is 0. The highest BCUT2D eigenvalue weighted by atomic mass is 32.2. The fourth-order valence-electron chi connectivity index (χ4n) is 2.51. The van der Waals surface area contributed by atoms with Crippen LogP contribution >= 0.6 is 0 Å². The Morgan fingerprint density at radius 2 is 1.94 bits per heavy atom. The zero-order valence-electron chi connectivity index (χ0n) is 16.8. The van der Waals surface area contributed by atoms with Crippen LogP contribution in [0, 0.1) is 0 Å². The van der Waals surface area contributed by atoms with E-state index in [1.165, 1.54) is 25.3 Å². The SMILES string of the molecule is C[C@@H](NS(=O)(=O)CCCOCn1ccc(=O)[nH]c1=O)c1cccc(OC(F)(F)C(F)F)c1. The van der Waals surface area contributed by atoms with E-state index < -0.39 is 45.6 Å². The second-order valence-electron chi connectivity index (χ2n) is 6.67. The second-order valence-corrected chi connectivity index (χ2v) is 8.54. The summed E-state index contributed by atoms with van der Waals surface area (Å²) >= 11 is 0. The molecule has 1 aromatic heterocycles. The van der Waals surface area contributed by atoms with Gasteiger partial charge in [-0.1, -0.05) is 12.1 Å². The molecule has 0 bridgehead atoms. The molecule has 2 N–H and O–H groups in total. The molecule has 0 saturated heterocycles. The van der Waals surface area contributed by atoms with Crippen LogP contribution in [0.2, 0.25) is 0 Å². The number of H-pyrrole nitrogens is 1. The molecule has 0 saturated carbocycles. The van der Waals surface area contributed by atoms with Crippen LogP contribution in [0.1, 0.15) is 24.9 Å². The molecule has 2 aromatic rings. The Hall–Kier alpha value is -2.71. The summed E-state index contributed by atoms with van der Waals surface area (Å²) in [4.78, 5) is 24.5. The molecular formula is C18H21F4N3O6S. The number of benzene rings is 1. The molecule has 9 nitrogen and oxygen atoms in total. The van der Waals surface area contributed by atoms with Crippen LogP contribution in [0.25, 0.3) is 0 Å². The monoisotopic (exact) mass is 483 g/mol. The number of aromatic nitrogens is 2. The van der Waals surface area contributed by atoms with Gasteiger partial charge >= 0.3 is 18.2 Å². The van der Waals surface area contributed by atoms with Crippen LogP contribution in [0.3, 0.4) is 0 Å². The van der Waals surface area contributed by atoms with Gasteiger partial charge in [0, 0.05) is 24.9 Å². The molecule has 0 amide bonds. The van der Waals surface area contributed by atoms with Crippen LogP contribution in [0.4, 0.5) is 17.6 Å². The Labute approximate surface area is 180 Å². The average Bonchev–Trinajstić information content (AvgIpc) is 2.68.